The lowest BCUT2D eigenvalue weighted by Gasteiger charge is -2.29. The van der Waals surface area contributed by atoms with E-state index in [1.165, 1.54) is 0 Å². The van der Waals surface area contributed by atoms with Crippen LogP contribution in [0.15, 0.2) is 24.5 Å². The van der Waals surface area contributed by atoms with Gasteiger partial charge in [-0.05, 0) is 39.3 Å². The number of aromatic nitrogens is 3. The standard InChI is InChI=1S/C17H21N5O3/c1-17(2,3)25-16(24)22-8-6-12-13(10-22)20-21-14(12)15(23)19-11-5-4-7-18-9-11/h4-5,7,9H,6,8,10H2,1-3H3,(H,19,23)(H,20,21). The van der Waals surface area contributed by atoms with E-state index in [0.29, 0.717) is 30.9 Å². The highest BCUT2D eigenvalue weighted by Gasteiger charge is 2.29. The molecule has 1 aliphatic heterocycles. The molecule has 132 valence electrons. The summed E-state index contributed by atoms with van der Waals surface area (Å²) >= 11 is 0. The SMILES string of the molecule is CC(C)(C)OC(=O)N1CCc2c(C(=O)Nc3cccnc3)n[nH]c2C1. The number of H-pyrrole nitrogens is 1. The normalized spacial score (nSPS) is 14.0. The zero-order valence-corrected chi connectivity index (χ0v) is 14.5. The minimum atomic E-state index is -0.542. The van der Waals surface area contributed by atoms with Crippen molar-refractivity contribution in [2.24, 2.45) is 0 Å². The summed E-state index contributed by atoms with van der Waals surface area (Å²) in [5.41, 5.74) is 2.01. The van der Waals surface area contributed by atoms with E-state index >= 15 is 0 Å². The fourth-order valence-electron chi connectivity index (χ4n) is 2.62. The Morgan fingerprint density at radius 1 is 1.36 bits per heavy atom. The van der Waals surface area contributed by atoms with Crippen LogP contribution in [0.4, 0.5) is 10.5 Å². The van der Waals surface area contributed by atoms with Crippen molar-refractivity contribution in [3.8, 4) is 0 Å². The Bertz CT molecular complexity index is 779. The van der Waals surface area contributed by atoms with Crippen molar-refractivity contribution in [3.05, 3.63) is 41.5 Å². The zero-order valence-electron chi connectivity index (χ0n) is 14.5. The summed E-state index contributed by atoms with van der Waals surface area (Å²) in [4.78, 5) is 30.2. The second-order valence-corrected chi connectivity index (χ2v) is 6.88. The number of ether oxygens (including phenoxy) is 1. The molecule has 0 saturated heterocycles. The first-order chi connectivity index (χ1) is 11.8. The number of pyridine rings is 1. The Balaban J connectivity index is 1.70. The number of carbonyl (C=O) groups is 2. The average molecular weight is 343 g/mol. The van der Waals surface area contributed by atoms with Gasteiger partial charge in [0.15, 0.2) is 5.69 Å². The number of hydrogen-bond donors (Lipinski definition) is 2. The van der Waals surface area contributed by atoms with Gasteiger partial charge in [-0.3, -0.25) is 14.9 Å². The van der Waals surface area contributed by atoms with Crippen LogP contribution in [0.1, 0.15) is 42.5 Å². The van der Waals surface area contributed by atoms with E-state index in [9.17, 15) is 9.59 Å². The third-order valence-electron chi connectivity index (χ3n) is 3.72. The molecule has 0 bridgehead atoms. The van der Waals surface area contributed by atoms with Crippen LogP contribution < -0.4 is 5.32 Å². The molecular formula is C17H21N5O3. The van der Waals surface area contributed by atoms with Crippen molar-refractivity contribution < 1.29 is 14.3 Å². The lowest BCUT2D eigenvalue weighted by Crippen LogP contribution is -2.40. The van der Waals surface area contributed by atoms with Gasteiger partial charge in [-0.2, -0.15) is 5.10 Å². The van der Waals surface area contributed by atoms with Gasteiger partial charge in [0.1, 0.15) is 5.60 Å². The highest BCUT2D eigenvalue weighted by molar-refractivity contribution is 6.04. The van der Waals surface area contributed by atoms with Gasteiger partial charge in [0, 0.05) is 18.3 Å². The molecule has 2 amide bonds. The summed E-state index contributed by atoms with van der Waals surface area (Å²) in [6.45, 7) is 6.32. The van der Waals surface area contributed by atoms with Crippen LogP contribution in [0.25, 0.3) is 0 Å². The third kappa shape index (κ3) is 3.96. The summed E-state index contributed by atoms with van der Waals surface area (Å²) in [7, 11) is 0. The highest BCUT2D eigenvalue weighted by Crippen LogP contribution is 2.22. The molecule has 0 saturated carbocycles. The number of amides is 2. The Morgan fingerprint density at radius 3 is 2.84 bits per heavy atom. The van der Waals surface area contributed by atoms with Gasteiger partial charge in [0.2, 0.25) is 0 Å². The largest absolute Gasteiger partial charge is 0.444 e. The quantitative estimate of drug-likeness (QED) is 0.872. The molecule has 1 aliphatic rings. The van der Waals surface area contributed by atoms with Gasteiger partial charge in [0.25, 0.3) is 5.91 Å². The molecule has 0 unspecified atom stereocenters. The third-order valence-corrected chi connectivity index (χ3v) is 3.72. The number of carbonyl (C=O) groups excluding carboxylic acids is 2. The van der Waals surface area contributed by atoms with Gasteiger partial charge in [0.05, 0.1) is 24.1 Å². The Kier molecular flexibility index (Phi) is 4.43. The maximum absolute atomic E-state index is 12.4. The molecule has 2 aromatic rings. The zero-order chi connectivity index (χ0) is 18.0. The molecule has 0 fully saturated rings. The average Bonchev–Trinajstić information content (AvgIpc) is 2.97. The van der Waals surface area contributed by atoms with Crippen molar-refractivity contribution in [1.29, 1.82) is 0 Å². The van der Waals surface area contributed by atoms with E-state index in [1.807, 2.05) is 20.8 Å². The van der Waals surface area contributed by atoms with Crippen LogP contribution in [0, 0.1) is 0 Å². The van der Waals surface area contributed by atoms with E-state index in [4.69, 9.17) is 4.74 Å². The van der Waals surface area contributed by atoms with Gasteiger partial charge in [-0.15, -0.1) is 0 Å². The molecule has 3 heterocycles. The molecule has 8 heteroatoms. The van der Waals surface area contributed by atoms with E-state index in [0.717, 1.165) is 11.3 Å². The first-order valence-electron chi connectivity index (χ1n) is 8.09. The molecule has 2 N–H and O–H groups in total. The molecule has 3 rings (SSSR count). The minimum absolute atomic E-state index is 0.295. The van der Waals surface area contributed by atoms with Crippen molar-refractivity contribution in [1.82, 2.24) is 20.1 Å². The molecular weight excluding hydrogens is 322 g/mol. The summed E-state index contributed by atoms with van der Waals surface area (Å²) in [5, 5.41) is 9.76. The lowest BCUT2D eigenvalue weighted by atomic mass is 10.0. The maximum atomic E-state index is 12.4. The number of fused-ring (bicyclic) bond motifs is 1. The van der Waals surface area contributed by atoms with Gasteiger partial charge < -0.3 is 15.0 Å². The molecule has 8 nitrogen and oxygen atoms in total. The minimum Gasteiger partial charge on any atom is -0.444 e. The van der Waals surface area contributed by atoms with E-state index < -0.39 is 5.60 Å². The number of anilines is 1. The molecule has 0 aromatic carbocycles. The van der Waals surface area contributed by atoms with Gasteiger partial charge >= 0.3 is 6.09 Å². The van der Waals surface area contributed by atoms with Crippen molar-refractivity contribution in [3.63, 3.8) is 0 Å². The predicted molar refractivity (Wildman–Crippen MR) is 91.1 cm³/mol. The van der Waals surface area contributed by atoms with Crippen LogP contribution in [0.3, 0.4) is 0 Å². The Morgan fingerprint density at radius 2 is 2.16 bits per heavy atom. The first kappa shape index (κ1) is 16.9. The Hall–Kier alpha value is -2.90. The summed E-state index contributed by atoms with van der Waals surface area (Å²) in [5.74, 6) is -0.295. The summed E-state index contributed by atoms with van der Waals surface area (Å²) in [6, 6.07) is 3.50. The smallest absolute Gasteiger partial charge is 0.410 e. The molecule has 25 heavy (non-hydrogen) atoms. The molecule has 2 aromatic heterocycles. The number of nitrogens with one attached hydrogen (secondary N) is 2. The van der Waals surface area contributed by atoms with Crippen molar-refractivity contribution in [2.75, 3.05) is 11.9 Å². The second kappa shape index (κ2) is 6.54. The number of hydrogen-bond acceptors (Lipinski definition) is 5. The van der Waals surface area contributed by atoms with Crippen LogP contribution in [-0.4, -0.2) is 44.2 Å². The van der Waals surface area contributed by atoms with E-state index in [2.05, 4.69) is 20.5 Å². The van der Waals surface area contributed by atoms with Crippen LogP contribution >= 0.6 is 0 Å². The second-order valence-electron chi connectivity index (χ2n) is 6.88. The summed E-state index contributed by atoms with van der Waals surface area (Å²) in [6.07, 6.45) is 3.38. The lowest BCUT2D eigenvalue weighted by molar-refractivity contribution is 0.0221. The van der Waals surface area contributed by atoms with Gasteiger partial charge in [-0.1, -0.05) is 0 Å². The topological polar surface area (TPSA) is 100 Å². The van der Waals surface area contributed by atoms with E-state index in [-0.39, 0.29) is 12.0 Å². The summed E-state index contributed by atoms with van der Waals surface area (Å²) < 4.78 is 5.39. The number of rotatable bonds is 2. The van der Waals surface area contributed by atoms with Crippen molar-refractivity contribution >= 4 is 17.7 Å². The maximum Gasteiger partial charge on any atom is 0.410 e. The van der Waals surface area contributed by atoms with E-state index in [1.54, 1.807) is 29.4 Å². The highest BCUT2D eigenvalue weighted by atomic mass is 16.6. The molecule has 0 spiro atoms. The van der Waals surface area contributed by atoms with Gasteiger partial charge in [-0.25, -0.2) is 4.79 Å². The fraction of sp³-hybridized carbons (Fsp3) is 0.412. The number of nitrogens with zero attached hydrogens (tertiary/aromatic N) is 3. The molecule has 0 radical (unpaired) electrons. The molecule has 0 atom stereocenters. The Labute approximate surface area is 145 Å². The van der Waals surface area contributed by atoms with Crippen molar-refractivity contribution in [2.45, 2.75) is 39.3 Å². The molecule has 0 aliphatic carbocycles. The first-order valence-corrected chi connectivity index (χ1v) is 8.09. The predicted octanol–water partition coefficient (Wildman–Crippen LogP) is 2.35. The monoisotopic (exact) mass is 343 g/mol. The van der Waals surface area contributed by atoms with Crippen LogP contribution in [-0.2, 0) is 17.7 Å². The fourth-order valence-corrected chi connectivity index (χ4v) is 2.62. The number of aromatic amines is 1. The van der Waals surface area contributed by atoms with Crippen LogP contribution in [0.5, 0.6) is 0 Å². The van der Waals surface area contributed by atoms with Crippen LogP contribution in [0.2, 0.25) is 0 Å².